The van der Waals surface area contributed by atoms with E-state index in [2.05, 4.69) is 0 Å². The van der Waals surface area contributed by atoms with E-state index in [4.69, 9.17) is 5.11 Å². The number of Topliss-reactive ketones (excluding diaryl/α,β-unsaturated/α-hetero) is 1. The largest absolute Gasteiger partial charge is 0.481 e. The maximum atomic E-state index is 11.5. The minimum atomic E-state index is -1.08. The number of ketones is 1. The summed E-state index contributed by atoms with van der Waals surface area (Å²) in [6, 6.07) is 3.70. The zero-order valence-electron chi connectivity index (χ0n) is 8.04. The van der Waals surface area contributed by atoms with Crippen molar-refractivity contribution >= 4 is 17.4 Å². The summed E-state index contributed by atoms with van der Waals surface area (Å²) >= 11 is 0. The summed E-state index contributed by atoms with van der Waals surface area (Å²) in [6.45, 7) is 0. The van der Waals surface area contributed by atoms with E-state index in [1.807, 2.05) is 0 Å². The molecule has 0 amide bonds. The highest BCUT2D eigenvalue weighted by Gasteiger charge is 2.35. The molecule has 0 aliphatic heterocycles. The molecule has 0 heterocycles. The van der Waals surface area contributed by atoms with E-state index in [-0.39, 0.29) is 23.5 Å². The molecule has 82 valence electrons. The average molecular weight is 221 g/mol. The zero-order valence-corrected chi connectivity index (χ0v) is 8.04. The summed E-state index contributed by atoms with van der Waals surface area (Å²) in [5, 5.41) is 19.4. The lowest BCUT2D eigenvalue weighted by molar-refractivity contribution is -0.384. The van der Waals surface area contributed by atoms with Crippen molar-refractivity contribution in [2.24, 2.45) is 0 Å². The van der Waals surface area contributed by atoms with Crippen LogP contribution in [-0.4, -0.2) is 21.8 Å². The number of nitrogens with zero attached hydrogens (tertiary/aromatic N) is 1. The van der Waals surface area contributed by atoms with E-state index in [1.165, 1.54) is 12.1 Å². The molecule has 0 saturated heterocycles. The second-order valence-corrected chi connectivity index (χ2v) is 3.55. The lowest BCUT2D eigenvalue weighted by atomic mass is 10.0. The molecular weight excluding hydrogens is 214 g/mol. The van der Waals surface area contributed by atoms with Gasteiger partial charge in [-0.05, 0) is 5.56 Å². The Morgan fingerprint density at radius 3 is 2.75 bits per heavy atom. The van der Waals surface area contributed by atoms with Crippen molar-refractivity contribution in [3.8, 4) is 0 Å². The van der Waals surface area contributed by atoms with Crippen LogP contribution < -0.4 is 0 Å². The van der Waals surface area contributed by atoms with Crippen molar-refractivity contribution in [3.05, 3.63) is 39.4 Å². The number of nitro groups is 1. The Morgan fingerprint density at radius 1 is 1.50 bits per heavy atom. The number of aliphatic carboxylic acids is 1. The molecule has 6 heteroatoms. The number of hydrogen-bond donors (Lipinski definition) is 1. The fourth-order valence-electron chi connectivity index (χ4n) is 1.83. The number of rotatable bonds is 2. The molecule has 0 bridgehead atoms. The summed E-state index contributed by atoms with van der Waals surface area (Å²) in [5.74, 6) is -2.31. The van der Waals surface area contributed by atoms with Crippen LogP contribution in [-0.2, 0) is 4.79 Å². The molecule has 1 aliphatic rings. The molecule has 1 aromatic carbocycles. The number of non-ortho nitro benzene ring substituents is 1. The van der Waals surface area contributed by atoms with Crippen LogP contribution in [0, 0.1) is 10.1 Å². The third-order valence-corrected chi connectivity index (χ3v) is 2.61. The van der Waals surface area contributed by atoms with E-state index in [0.717, 1.165) is 6.07 Å². The number of carboxylic acid groups (broad SMARTS) is 1. The van der Waals surface area contributed by atoms with Gasteiger partial charge < -0.3 is 5.11 Å². The molecule has 6 nitrogen and oxygen atoms in total. The number of fused-ring (bicyclic) bond motifs is 1. The quantitative estimate of drug-likeness (QED) is 0.600. The average Bonchev–Trinajstić information content (AvgIpc) is 2.56. The molecule has 2 rings (SSSR count). The monoisotopic (exact) mass is 221 g/mol. The van der Waals surface area contributed by atoms with E-state index in [9.17, 15) is 19.7 Å². The van der Waals surface area contributed by atoms with Crippen LogP contribution in [0.15, 0.2) is 18.2 Å². The van der Waals surface area contributed by atoms with Crippen LogP contribution >= 0.6 is 0 Å². The van der Waals surface area contributed by atoms with Crippen molar-refractivity contribution in [3.63, 3.8) is 0 Å². The zero-order chi connectivity index (χ0) is 11.9. The Hall–Kier alpha value is -2.24. The van der Waals surface area contributed by atoms with Crippen LogP contribution in [0.1, 0.15) is 28.3 Å². The summed E-state index contributed by atoms with van der Waals surface area (Å²) < 4.78 is 0. The molecular formula is C10H7NO5. The van der Waals surface area contributed by atoms with Gasteiger partial charge in [-0.3, -0.25) is 19.7 Å². The topological polar surface area (TPSA) is 97.5 Å². The lowest BCUT2D eigenvalue weighted by Crippen LogP contribution is -2.08. The summed E-state index contributed by atoms with van der Waals surface area (Å²) in [6.07, 6.45) is -0.119. The molecule has 0 fully saturated rings. The van der Waals surface area contributed by atoms with E-state index >= 15 is 0 Å². The van der Waals surface area contributed by atoms with E-state index in [1.54, 1.807) is 0 Å². The highest BCUT2D eigenvalue weighted by molar-refractivity contribution is 6.06. The van der Waals surface area contributed by atoms with Gasteiger partial charge in [0, 0.05) is 24.1 Å². The number of benzene rings is 1. The van der Waals surface area contributed by atoms with E-state index < -0.39 is 16.8 Å². The molecule has 1 N–H and O–H groups in total. The Morgan fingerprint density at radius 2 is 2.19 bits per heavy atom. The van der Waals surface area contributed by atoms with Crippen LogP contribution in [0.2, 0.25) is 0 Å². The van der Waals surface area contributed by atoms with Gasteiger partial charge in [-0.2, -0.15) is 0 Å². The van der Waals surface area contributed by atoms with Crippen molar-refractivity contribution < 1.29 is 19.6 Å². The third kappa shape index (κ3) is 1.44. The van der Waals surface area contributed by atoms with Gasteiger partial charge in [-0.1, -0.05) is 6.07 Å². The molecule has 1 atom stereocenters. The van der Waals surface area contributed by atoms with Gasteiger partial charge in [0.15, 0.2) is 5.78 Å². The van der Waals surface area contributed by atoms with Gasteiger partial charge in [0.25, 0.3) is 5.69 Å². The van der Waals surface area contributed by atoms with Crippen molar-refractivity contribution in [2.75, 3.05) is 0 Å². The second-order valence-electron chi connectivity index (χ2n) is 3.55. The summed E-state index contributed by atoms with van der Waals surface area (Å²) in [5.41, 5.74) is 0.322. The smallest absolute Gasteiger partial charge is 0.311 e. The van der Waals surface area contributed by atoms with Crippen molar-refractivity contribution in [1.29, 1.82) is 0 Å². The third-order valence-electron chi connectivity index (χ3n) is 2.61. The standard InChI is InChI=1S/C10H7NO5/c12-9-4-8(10(13)14)6-2-1-5(11(15)16)3-7(6)9/h1-3,8H,4H2,(H,13,14)/t8-/m0/s1. The van der Waals surface area contributed by atoms with Gasteiger partial charge in [0.2, 0.25) is 0 Å². The number of carboxylic acids is 1. The first-order chi connectivity index (χ1) is 7.50. The summed E-state index contributed by atoms with van der Waals surface area (Å²) in [4.78, 5) is 32.2. The Kier molecular flexibility index (Phi) is 2.19. The lowest BCUT2D eigenvalue weighted by Gasteiger charge is -2.03. The van der Waals surface area contributed by atoms with Crippen LogP contribution in [0.3, 0.4) is 0 Å². The van der Waals surface area contributed by atoms with Gasteiger partial charge in [-0.15, -0.1) is 0 Å². The highest BCUT2D eigenvalue weighted by atomic mass is 16.6. The molecule has 0 radical (unpaired) electrons. The predicted molar refractivity (Wildman–Crippen MR) is 52.4 cm³/mol. The first-order valence-electron chi connectivity index (χ1n) is 4.55. The maximum absolute atomic E-state index is 11.5. The fraction of sp³-hybridized carbons (Fsp3) is 0.200. The van der Waals surface area contributed by atoms with E-state index in [0.29, 0.717) is 5.56 Å². The fourth-order valence-corrected chi connectivity index (χ4v) is 1.83. The highest BCUT2D eigenvalue weighted by Crippen LogP contribution is 2.35. The Balaban J connectivity index is 2.53. The first-order valence-corrected chi connectivity index (χ1v) is 4.55. The predicted octanol–water partition coefficient (Wildman–Crippen LogP) is 1.35. The molecule has 1 aromatic rings. The molecule has 1 aliphatic carbocycles. The SMILES string of the molecule is O=C1C[C@H](C(=O)O)c2ccc([N+](=O)[O-])cc21. The van der Waals surface area contributed by atoms with Gasteiger partial charge in [0.1, 0.15) is 0 Å². The number of carbonyl (C=O) groups is 2. The first kappa shape index (κ1) is 10.3. The van der Waals surface area contributed by atoms with Crippen LogP contribution in [0.4, 0.5) is 5.69 Å². The molecule has 0 aromatic heterocycles. The van der Waals surface area contributed by atoms with Gasteiger partial charge in [-0.25, -0.2) is 0 Å². The molecule has 0 saturated carbocycles. The second kappa shape index (κ2) is 3.41. The number of hydrogen-bond acceptors (Lipinski definition) is 4. The summed E-state index contributed by atoms with van der Waals surface area (Å²) in [7, 11) is 0. The van der Waals surface area contributed by atoms with Crippen LogP contribution in [0.5, 0.6) is 0 Å². The van der Waals surface area contributed by atoms with Crippen LogP contribution in [0.25, 0.3) is 0 Å². The number of carbonyl (C=O) groups excluding carboxylic acids is 1. The molecule has 0 unspecified atom stereocenters. The molecule has 0 spiro atoms. The van der Waals surface area contributed by atoms with Gasteiger partial charge in [0.05, 0.1) is 10.8 Å². The molecule has 16 heavy (non-hydrogen) atoms. The normalized spacial score (nSPS) is 18.2. The number of nitro benzene ring substituents is 1. The minimum absolute atomic E-state index is 0.119. The van der Waals surface area contributed by atoms with Gasteiger partial charge >= 0.3 is 5.97 Å². The Bertz CT molecular complexity index is 508. The van der Waals surface area contributed by atoms with Crippen molar-refractivity contribution in [1.82, 2.24) is 0 Å². The Labute approximate surface area is 89.7 Å². The maximum Gasteiger partial charge on any atom is 0.311 e. The minimum Gasteiger partial charge on any atom is -0.481 e. The van der Waals surface area contributed by atoms with Crippen molar-refractivity contribution in [2.45, 2.75) is 12.3 Å².